The van der Waals surface area contributed by atoms with Gasteiger partial charge in [-0.05, 0) is 109 Å². The number of allylic oxidation sites excluding steroid dienone is 1. The van der Waals surface area contributed by atoms with Crippen LogP contribution in [0.15, 0.2) is 95.7 Å². The fourth-order valence-corrected chi connectivity index (χ4v) is 10.5. The number of amides is 1. The van der Waals surface area contributed by atoms with Crippen LogP contribution in [0.5, 0.6) is 0 Å². The molecule has 2 fully saturated rings. The minimum atomic E-state index is -4.64. The molecule has 0 radical (unpaired) electrons. The molecule has 340 valence electrons. The molecule has 9 rings (SSSR count). The zero-order valence-corrected chi connectivity index (χ0v) is 37.7. The molecule has 14 nitrogen and oxygen atoms in total. The van der Waals surface area contributed by atoms with E-state index in [4.69, 9.17) is 11.6 Å². The molecule has 1 aliphatic heterocycles. The zero-order chi connectivity index (χ0) is 45.7. The molecule has 18 heteroatoms. The second-order valence-corrected chi connectivity index (χ2v) is 20.4. The summed E-state index contributed by atoms with van der Waals surface area (Å²) in [6.07, 6.45) is 6.52. The SMILES string of the molecule is CC1(C)CCC(CN2CCN(c3ccc(C(=O)NS(=O)(=O)c4ccc(NCC5CCC(F)(F)CC5)c([N+](=O)[O-])c4)c(-n4ncc5nc6[nH]ccc6cc54)c3)CC2)=C(c2ccc(Cl)cc2)C1. The summed E-state index contributed by atoms with van der Waals surface area (Å²) in [7, 11) is -4.64. The van der Waals surface area contributed by atoms with E-state index in [9.17, 15) is 32.1 Å². The number of aromatic nitrogens is 4. The Morgan fingerprint density at radius 3 is 2.48 bits per heavy atom. The quantitative estimate of drug-likeness (QED) is 0.0793. The van der Waals surface area contributed by atoms with Gasteiger partial charge in [-0.15, -0.1) is 0 Å². The van der Waals surface area contributed by atoms with Gasteiger partial charge in [-0.2, -0.15) is 5.10 Å². The normalized spacial score (nSPS) is 18.3. The molecule has 1 saturated carbocycles. The number of hydrogen-bond donors (Lipinski definition) is 3. The predicted octanol–water partition coefficient (Wildman–Crippen LogP) is 9.61. The van der Waals surface area contributed by atoms with Crippen molar-refractivity contribution < 1.29 is 26.9 Å². The maximum Gasteiger partial charge on any atom is 0.293 e. The van der Waals surface area contributed by atoms with Crippen molar-refractivity contribution in [3.8, 4) is 5.69 Å². The summed E-state index contributed by atoms with van der Waals surface area (Å²) < 4.78 is 58.7. The van der Waals surface area contributed by atoms with E-state index in [-0.39, 0.29) is 54.8 Å². The van der Waals surface area contributed by atoms with E-state index in [0.717, 1.165) is 61.1 Å². The third-order valence-corrected chi connectivity index (χ3v) is 14.8. The number of nitro benzene ring substituents is 1. The second-order valence-electron chi connectivity index (χ2n) is 18.3. The van der Waals surface area contributed by atoms with Gasteiger partial charge in [0.25, 0.3) is 21.6 Å². The number of H-pyrrole nitrogens is 1. The van der Waals surface area contributed by atoms with Crippen LogP contribution in [0.3, 0.4) is 0 Å². The molecule has 0 atom stereocenters. The van der Waals surface area contributed by atoms with Crippen molar-refractivity contribution >= 4 is 72.2 Å². The maximum atomic E-state index is 14.2. The average Bonchev–Trinajstić information content (AvgIpc) is 3.92. The number of rotatable bonds is 12. The summed E-state index contributed by atoms with van der Waals surface area (Å²) in [4.78, 5) is 37.6. The van der Waals surface area contributed by atoms with Crippen molar-refractivity contribution in [3.63, 3.8) is 0 Å². The number of piperazine rings is 1. The molecule has 3 N–H and O–H groups in total. The lowest BCUT2D eigenvalue weighted by Crippen LogP contribution is -2.47. The van der Waals surface area contributed by atoms with Gasteiger partial charge in [-0.25, -0.2) is 31.6 Å². The summed E-state index contributed by atoms with van der Waals surface area (Å²) in [5, 5.41) is 21.3. The first-order valence-corrected chi connectivity index (χ1v) is 23.7. The van der Waals surface area contributed by atoms with Crippen molar-refractivity contribution in [1.29, 1.82) is 0 Å². The molecule has 2 aliphatic carbocycles. The third kappa shape index (κ3) is 9.58. The van der Waals surface area contributed by atoms with Gasteiger partial charge in [-0.1, -0.05) is 43.2 Å². The highest BCUT2D eigenvalue weighted by molar-refractivity contribution is 7.90. The standard InChI is InChI=1S/C47H50ClF2N9O5S/c1-46(2)15-13-33(38(26-46)31-3-5-34(48)6-4-31)29-56-19-21-57(22-20-56)35-7-9-37(41(24-35)58-42-23-32-14-18-51-44(32)54-40(42)28-53-58)45(60)55-65(63,64)36-8-10-39(43(25-36)59(61)62)52-27-30-11-16-47(49,50)17-12-30/h3-10,14,18,23-25,28,30,52H,11-13,15-17,19-22,26-27,29H2,1-2H3,(H,51,54)(H,55,60). The van der Waals surface area contributed by atoms with E-state index in [1.165, 1.54) is 28.8 Å². The van der Waals surface area contributed by atoms with E-state index in [0.29, 0.717) is 35.5 Å². The van der Waals surface area contributed by atoms with Crippen molar-refractivity contribution in [3.05, 3.63) is 117 Å². The van der Waals surface area contributed by atoms with E-state index in [1.807, 2.05) is 30.3 Å². The van der Waals surface area contributed by atoms with E-state index in [1.54, 1.807) is 29.2 Å². The van der Waals surface area contributed by atoms with Gasteiger partial charge in [0.05, 0.1) is 32.8 Å². The van der Waals surface area contributed by atoms with Crippen LogP contribution < -0.4 is 14.9 Å². The number of halogens is 3. The van der Waals surface area contributed by atoms with Crippen LogP contribution >= 0.6 is 11.6 Å². The summed E-state index contributed by atoms with van der Waals surface area (Å²) in [6, 6.07) is 20.4. The molecule has 65 heavy (non-hydrogen) atoms. The summed E-state index contributed by atoms with van der Waals surface area (Å²) in [5.74, 6) is -3.79. The van der Waals surface area contributed by atoms with Crippen LogP contribution in [0.2, 0.25) is 5.02 Å². The second kappa shape index (κ2) is 17.5. The number of fused-ring (bicyclic) bond motifs is 2. The predicted molar refractivity (Wildman–Crippen MR) is 249 cm³/mol. The van der Waals surface area contributed by atoms with Crippen LogP contribution in [-0.2, 0) is 10.0 Å². The summed E-state index contributed by atoms with van der Waals surface area (Å²) in [5.41, 5.74) is 6.75. The maximum absolute atomic E-state index is 14.2. The van der Waals surface area contributed by atoms with Gasteiger partial charge >= 0.3 is 0 Å². The van der Waals surface area contributed by atoms with Crippen LogP contribution in [0, 0.1) is 21.4 Å². The first kappa shape index (κ1) is 44.3. The van der Waals surface area contributed by atoms with Gasteiger partial charge in [0, 0.05) is 80.5 Å². The highest BCUT2D eigenvalue weighted by atomic mass is 35.5. The van der Waals surface area contributed by atoms with Crippen LogP contribution in [0.1, 0.15) is 74.7 Å². The van der Waals surface area contributed by atoms with E-state index < -0.39 is 37.4 Å². The Hall–Kier alpha value is -5.91. The number of benzene rings is 3. The lowest BCUT2D eigenvalue weighted by molar-refractivity contribution is -0.384. The van der Waals surface area contributed by atoms with Crippen molar-refractivity contribution in [2.24, 2.45) is 11.3 Å². The molecule has 0 bridgehead atoms. The number of carbonyl (C=O) groups excluding carboxylic acids is 1. The molecule has 0 unspecified atom stereocenters. The van der Waals surface area contributed by atoms with Crippen LogP contribution in [-0.4, -0.2) is 89.1 Å². The fourth-order valence-electron chi connectivity index (χ4n) is 9.37. The number of nitrogens with zero attached hydrogens (tertiary/aromatic N) is 6. The van der Waals surface area contributed by atoms with Gasteiger partial charge in [-0.3, -0.25) is 19.8 Å². The largest absolute Gasteiger partial charge is 0.379 e. The van der Waals surface area contributed by atoms with E-state index >= 15 is 0 Å². The number of sulfonamides is 1. The first-order chi connectivity index (χ1) is 31.0. The molecule has 3 aromatic carbocycles. The Kier molecular flexibility index (Phi) is 11.9. The molecule has 3 aliphatic rings. The first-order valence-electron chi connectivity index (χ1n) is 21.9. The molecule has 6 aromatic rings. The Bertz CT molecular complexity index is 2930. The zero-order valence-electron chi connectivity index (χ0n) is 36.1. The number of aromatic amines is 1. The fraction of sp³-hybridized carbons (Fsp3) is 0.383. The number of carbonyl (C=O) groups is 1. The lowest BCUT2D eigenvalue weighted by atomic mass is 9.72. The summed E-state index contributed by atoms with van der Waals surface area (Å²) >= 11 is 6.25. The number of nitro groups is 1. The Morgan fingerprint density at radius 1 is 0.985 bits per heavy atom. The number of nitrogens with one attached hydrogen (secondary N) is 3. The van der Waals surface area contributed by atoms with Crippen molar-refractivity contribution in [1.82, 2.24) is 29.4 Å². The average molecular weight is 926 g/mol. The Morgan fingerprint density at radius 2 is 1.74 bits per heavy atom. The van der Waals surface area contributed by atoms with Gasteiger partial charge < -0.3 is 15.2 Å². The highest BCUT2D eigenvalue weighted by Gasteiger charge is 2.35. The van der Waals surface area contributed by atoms with Crippen LogP contribution in [0.4, 0.5) is 25.8 Å². The number of pyridine rings is 1. The smallest absolute Gasteiger partial charge is 0.293 e. The topological polar surface area (TPSA) is 171 Å². The molecule has 4 heterocycles. The number of anilines is 2. The molecule has 1 amide bonds. The molecule has 1 saturated heterocycles. The summed E-state index contributed by atoms with van der Waals surface area (Å²) in [6.45, 7) is 8.75. The highest BCUT2D eigenvalue weighted by Crippen LogP contribution is 2.44. The Labute approximate surface area is 380 Å². The van der Waals surface area contributed by atoms with Gasteiger partial charge in [0.15, 0.2) is 0 Å². The monoisotopic (exact) mass is 925 g/mol. The minimum Gasteiger partial charge on any atom is -0.379 e. The van der Waals surface area contributed by atoms with Crippen molar-refractivity contribution in [2.75, 3.05) is 49.5 Å². The molecule has 3 aromatic heterocycles. The Balaban J connectivity index is 0.965. The molecular formula is C47H50ClF2N9O5S. The lowest BCUT2D eigenvalue weighted by Gasteiger charge is -2.39. The van der Waals surface area contributed by atoms with E-state index in [2.05, 4.69) is 60.9 Å². The molecular weight excluding hydrogens is 876 g/mol. The molecule has 0 spiro atoms. The van der Waals surface area contributed by atoms with Gasteiger partial charge in [0.1, 0.15) is 16.9 Å². The minimum absolute atomic E-state index is 0.00265. The van der Waals surface area contributed by atoms with Crippen LogP contribution in [0.25, 0.3) is 33.3 Å². The number of alkyl halides is 2. The third-order valence-electron chi connectivity index (χ3n) is 13.2. The van der Waals surface area contributed by atoms with Crippen molar-refractivity contribution in [2.45, 2.75) is 69.6 Å². The number of hydrogen-bond acceptors (Lipinski definition) is 10. The van der Waals surface area contributed by atoms with Gasteiger partial charge in [0.2, 0.25) is 5.92 Å².